The molecule has 210 valence electrons. The van der Waals surface area contributed by atoms with Crippen LogP contribution in [-0.4, -0.2) is 54.5 Å². The number of hydrogen-bond donors (Lipinski definition) is 1. The van der Waals surface area contributed by atoms with Crippen LogP contribution in [0.1, 0.15) is 41.8 Å². The van der Waals surface area contributed by atoms with Gasteiger partial charge in [0.25, 0.3) is 15.9 Å². The van der Waals surface area contributed by atoms with Crippen LogP contribution in [0.25, 0.3) is 0 Å². The van der Waals surface area contributed by atoms with Crippen LogP contribution < -0.4 is 5.32 Å². The molecule has 3 aromatic rings. The van der Waals surface area contributed by atoms with Gasteiger partial charge in [-0.1, -0.05) is 80.0 Å². The Balaban J connectivity index is 1.63. The summed E-state index contributed by atoms with van der Waals surface area (Å²) in [6, 6.07) is 21.5. The van der Waals surface area contributed by atoms with Crippen LogP contribution in [-0.2, 0) is 32.6 Å². The number of hydrogen-bond acceptors (Lipinski definition) is 5. The molecule has 0 fully saturated rings. The van der Waals surface area contributed by atoms with Gasteiger partial charge in [-0.05, 0) is 41.3 Å². The van der Waals surface area contributed by atoms with E-state index in [2.05, 4.69) is 5.32 Å². The molecule has 0 saturated heterocycles. The summed E-state index contributed by atoms with van der Waals surface area (Å²) in [7, 11) is -4.07. The zero-order chi connectivity index (χ0) is 28.9. The quantitative estimate of drug-likeness (QED) is 0.364. The maximum atomic E-state index is 13.8. The summed E-state index contributed by atoms with van der Waals surface area (Å²) in [5.74, 6) is -1.24. The van der Waals surface area contributed by atoms with E-state index in [0.717, 1.165) is 9.87 Å². The largest absolute Gasteiger partial charge is 0.354 e. The summed E-state index contributed by atoms with van der Waals surface area (Å²) < 4.78 is 26.8. The predicted octanol–water partition coefficient (Wildman–Crippen LogP) is 4.29. The molecule has 0 aromatic heterocycles. The van der Waals surface area contributed by atoms with Crippen LogP contribution in [0.3, 0.4) is 0 Å². The molecule has 10 heteroatoms. The number of carbonyl (C=O) groups excluding carboxylic acids is 3. The fourth-order valence-electron chi connectivity index (χ4n) is 4.60. The molecule has 1 atom stereocenters. The second-order valence-electron chi connectivity index (χ2n) is 10.1. The molecule has 4 rings (SSSR count). The van der Waals surface area contributed by atoms with Crippen molar-refractivity contribution < 1.29 is 22.8 Å². The molecule has 0 bridgehead atoms. The molecule has 40 heavy (non-hydrogen) atoms. The molecule has 0 aliphatic carbocycles. The Bertz CT molecular complexity index is 1490. The Morgan fingerprint density at radius 1 is 0.950 bits per heavy atom. The van der Waals surface area contributed by atoms with E-state index in [1.807, 2.05) is 50.2 Å². The van der Waals surface area contributed by atoms with Gasteiger partial charge in [-0.3, -0.25) is 14.4 Å². The molecule has 1 N–H and O–H groups in total. The number of nitrogens with one attached hydrogen (secondary N) is 1. The number of amides is 3. The average molecular weight is 582 g/mol. The predicted molar refractivity (Wildman–Crippen MR) is 153 cm³/mol. The number of halogens is 1. The molecule has 0 spiro atoms. The van der Waals surface area contributed by atoms with Crippen molar-refractivity contribution in [1.82, 2.24) is 14.5 Å². The van der Waals surface area contributed by atoms with Crippen LogP contribution in [0.15, 0.2) is 83.8 Å². The average Bonchev–Trinajstić information content (AvgIpc) is 3.13. The highest BCUT2D eigenvalue weighted by Gasteiger charge is 2.41. The van der Waals surface area contributed by atoms with Gasteiger partial charge in [0.1, 0.15) is 10.9 Å². The Hall–Kier alpha value is -3.69. The molecular weight excluding hydrogens is 550 g/mol. The van der Waals surface area contributed by atoms with Gasteiger partial charge >= 0.3 is 0 Å². The molecule has 0 saturated carbocycles. The smallest absolute Gasteiger partial charge is 0.269 e. The minimum absolute atomic E-state index is 0.0711. The zero-order valence-electron chi connectivity index (χ0n) is 22.4. The second kappa shape index (κ2) is 12.7. The van der Waals surface area contributed by atoms with Crippen molar-refractivity contribution in [3.63, 3.8) is 0 Å². The van der Waals surface area contributed by atoms with E-state index in [-0.39, 0.29) is 48.2 Å². The van der Waals surface area contributed by atoms with Gasteiger partial charge in [0.15, 0.2) is 0 Å². The van der Waals surface area contributed by atoms with Crippen molar-refractivity contribution in [2.75, 3.05) is 13.1 Å². The van der Waals surface area contributed by atoms with Gasteiger partial charge in [0, 0.05) is 37.5 Å². The van der Waals surface area contributed by atoms with Crippen molar-refractivity contribution in [1.29, 1.82) is 0 Å². The first-order valence-electron chi connectivity index (χ1n) is 13.1. The van der Waals surface area contributed by atoms with Crippen molar-refractivity contribution in [2.24, 2.45) is 5.92 Å². The zero-order valence-corrected chi connectivity index (χ0v) is 24.0. The SMILES string of the molecule is CC(C)CNC(=O)[C@@H](Cc1ccccc1)N(Cc1cccc(Cl)c1)C(=O)CCN1C(=O)c2ccccc2S1(=O)=O. The third-order valence-corrected chi connectivity index (χ3v) is 8.71. The topological polar surface area (TPSA) is 104 Å². The van der Waals surface area contributed by atoms with E-state index < -0.39 is 27.9 Å². The Morgan fingerprint density at radius 3 is 2.30 bits per heavy atom. The van der Waals surface area contributed by atoms with Gasteiger partial charge in [-0.25, -0.2) is 12.7 Å². The molecule has 3 aromatic carbocycles. The van der Waals surface area contributed by atoms with Crippen LogP contribution >= 0.6 is 11.6 Å². The molecule has 1 aliphatic heterocycles. The minimum atomic E-state index is -4.07. The highest BCUT2D eigenvalue weighted by molar-refractivity contribution is 7.90. The van der Waals surface area contributed by atoms with E-state index in [1.165, 1.54) is 17.0 Å². The summed E-state index contributed by atoms with van der Waals surface area (Å²) in [5, 5.41) is 3.43. The first-order chi connectivity index (χ1) is 19.1. The summed E-state index contributed by atoms with van der Waals surface area (Å²) >= 11 is 6.21. The highest BCUT2D eigenvalue weighted by Crippen LogP contribution is 2.30. The summed E-state index contributed by atoms with van der Waals surface area (Å²) in [5.41, 5.74) is 1.66. The Labute approximate surface area is 240 Å². The van der Waals surface area contributed by atoms with E-state index in [0.29, 0.717) is 17.1 Å². The van der Waals surface area contributed by atoms with Crippen molar-refractivity contribution >= 4 is 39.3 Å². The molecule has 1 heterocycles. The van der Waals surface area contributed by atoms with Gasteiger partial charge < -0.3 is 10.2 Å². The number of nitrogens with zero attached hydrogens (tertiary/aromatic N) is 2. The first-order valence-corrected chi connectivity index (χ1v) is 14.9. The lowest BCUT2D eigenvalue weighted by atomic mass is 10.0. The summed E-state index contributed by atoms with van der Waals surface area (Å²) in [4.78, 5) is 41.6. The van der Waals surface area contributed by atoms with Crippen molar-refractivity contribution in [3.05, 3.63) is 101 Å². The van der Waals surface area contributed by atoms with Gasteiger partial charge in [-0.15, -0.1) is 0 Å². The van der Waals surface area contributed by atoms with Crippen LogP contribution in [0.5, 0.6) is 0 Å². The summed E-state index contributed by atoms with van der Waals surface area (Å²) in [6.45, 7) is 4.13. The molecule has 0 unspecified atom stereocenters. The van der Waals surface area contributed by atoms with E-state index >= 15 is 0 Å². The van der Waals surface area contributed by atoms with Gasteiger partial charge in [-0.2, -0.15) is 0 Å². The van der Waals surface area contributed by atoms with Crippen LogP contribution in [0.2, 0.25) is 5.02 Å². The number of benzene rings is 3. The van der Waals surface area contributed by atoms with E-state index in [4.69, 9.17) is 11.6 Å². The standard InChI is InChI=1S/C30H32ClN3O5S/c1-21(2)19-32-29(36)26(18-22-9-4-3-5-10-22)33(20-23-11-8-12-24(31)17-23)28(35)15-16-34-30(37)25-13-6-7-14-27(25)40(34,38)39/h3-14,17,21,26H,15-16,18-20H2,1-2H3,(H,32,36)/t26-/m1/s1. The van der Waals surface area contributed by atoms with Gasteiger partial charge in [0.2, 0.25) is 11.8 Å². The lowest BCUT2D eigenvalue weighted by molar-refractivity contribution is -0.141. The molecule has 1 aliphatic rings. The first kappa shape index (κ1) is 29.3. The molecular formula is C30H32ClN3O5S. The Kier molecular flexibility index (Phi) is 9.27. The lowest BCUT2D eigenvalue weighted by Gasteiger charge is -2.32. The minimum Gasteiger partial charge on any atom is -0.354 e. The number of sulfonamides is 1. The number of rotatable bonds is 11. The maximum Gasteiger partial charge on any atom is 0.269 e. The van der Waals surface area contributed by atoms with Gasteiger partial charge in [0.05, 0.1) is 5.56 Å². The normalized spacial score (nSPS) is 14.6. The second-order valence-corrected chi connectivity index (χ2v) is 12.4. The van der Waals surface area contributed by atoms with Crippen LogP contribution in [0, 0.1) is 5.92 Å². The monoisotopic (exact) mass is 581 g/mol. The van der Waals surface area contributed by atoms with E-state index in [9.17, 15) is 22.8 Å². The fourth-order valence-corrected chi connectivity index (χ4v) is 6.38. The third kappa shape index (κ3) is 6.71. The Morgan fingerprint density at radius 2 is 1.62 bits per heavy atom. The molecule has 3 amide bonds. The number of carbonyl (C=O) groups is 3. The summed E-state index contributed by atoms with van der Waals surface area (Å²) in [6.07, 6.45) is -0.0360. The lowest BCUT2D eigenvalue weighted by Crippen LogP contribution is -2.51. The molecule has 0 radical (unpaired) electrons. The third-order valence-electron chi connectivity index (χ3n) is 6.64. The maximum absolute atomic E-state index is 13.8. The number of fused-ring (bicyclic) bond motifs is 1. The van der Waals surface area contributed by atoms with Crippen molar-refractivity contribution in [3.8, 4) is 0 Å². The van der Waals surface area contributed by atoms with Crippen LogP contribution in [0.4, 0.5) is 0 Å². The van der Waals surface area contributed by atoms with Crippen molar-refractivity contribution in [2.45, 2.75) is 44.2 Å². The van der Waals surface area contributed by atoms with E-state index in [1.54, 1.807) is 30.3 Å². The fraction of sp³-hybridized carbons (Fsp3) is 0.300. The highest BCUT2D eigenvalue weighted by atomic mass is 35.5. The molecule has 8 nitrogen and oxygen atoms in total.